The molecule has 0 spiro atoms. The second-order valence-corrected chi connectivity index (χ2v) is 5.07. The fraction of sp³-hybridized carbons (Fsp3) is 0.400. The summed E-state index contributed by atoms with van der Waals surface area (Å²) in [6.07, 6.45) is 6.21. The molecule has 1 heterocycles. The molecule has 1 amide bonds. The second kappa shape index (κ2) is 5.86. The third-order valence-corrected chi connectivity index (χ3v) is 3.60. The lowest BCUT2D eigenvalue weighted by molar-refractivity contribution is -0.123. The fourth-order valence-corrected chi connectivity index (χ4v) is 2.58. The number of nitrogens with zero attached hydrogens (tertiary/aromatic N) is 2. The molecule has 1 aromatic heterocycles. The molecule has 5 nitrogen and oxygen atoms in total. The van der Waals surface area contributed by atoms with Gasteiger partial charge in [0.05, 0.1) is 6.20 Å². The van der Waals surface area contributed by atoms with Crippen LogP contribution < -0.4 is 10.1 Å². The Balaban J connectivity index is 1.63. The largest absolute Gasteiger partial charge is 0.466 e. The van der Waals surface area contributed by atoms with E-state index >= 15 is 0 Å². The number of carbonyl (C=O) groups is 1. The maximum atomic E-state index is 11.8. The van der Waals surface area contributed by atoms with E-state index in [1.807, 2.05) is 24.3 Å². The average molecular weight is 271 g/mol. The van der Waals surface area contributed by atoms with E-state index in [0.717, 1.165) is 23.6 Å². The van der Waals surface area contributed by atoms with Crippen LogP contribution >= 0.6 is 0 Å². The highest BCUT2D eigenvalue weighted by molar-refractivity contribution is 5.86. The van der Waals surface area contributed by atoms with Gasteiger partial charge in [-0.05, 0) is 18.9 Å². The molecule has 1 aromatic carbocycles. The number of amides is 1. The summed E-state index contributed by atoms with van der Waals surface area (Å²) < 4.78 is 5.51. The molecular weight excluding hydrogens is 254 g/mol. The molecule has 0 bridgehead atoms. The molecule has 1 aliphatic rings. The Bertz CT molecular complexity index is 604. The topological polar surface area (TPSA) is 64.1 Å². The minimum Gasteiger partial charge on any atom is -0.466 e. The van der Waals surface area contributed by atoms with Crippen molar-refractivity contribution in [2.24, 2.45) is 0 Å². The zero-order chi connectivity index (χ0) is 13.8. The van der Waals surface area contributed by atoms with Crippen molar-refractivity contribution in [3.05, 3.63) is 30.5 Å². The van der Waals surface area contributed by atoms with Gasteiger partial charge in [0, 0.05) is 16.8 Å². The molecule has 5 heteroatoms. The first-order valence-electron chi connectivity index (χ1n) is 6.95. The first-order chi connectivity index (χ1) is 9.83. The van der Waals surface area contributed by atoms with Crippen LogP contribution in [-0.4, -0.2) is 28.8 Å². The number of hydrogen-bond acceptors (Lipinski definition) is 4. The molecule has 1 N–H and O–H groups in total. The second-order valence-electron chi connectivity index (χ2n) is 5.07. The molecular formula is C15H17N3O2. The van der Waals surface area contributed by atoms with Crippen LogP contribution in [0.25, 0.3) is 10.8 Å². The molecule has 2 aromatic rings. The molecule has 0 unspecified atom stereocenters. The van der Waals surface area contributed by atoms with Crippen LogP contribution in [0.15, 0.2) is 30.5 Å². The number of nitrogens with one attached hydrogen (secondary N) is 1. The molecule has 104 valence electrons. The van der Waals surface area contributed by atoms with Crippen LogP contribution in [0.5, 0.6) is 5.88 Å². The quantitative estimate of drug-likeness (QED) is 0.924. The molecule has 1 aliphatic carbocycles. The molecule has 0 radical (unpaired) electrons. The number of hydrogen-bond donors (Lipinski definition) is 1. The van der Waals surface area contributed by atoms with Crippen molar-refractivity contribution >= 4 is 16.7 Å². The zero-order valence-electron chi connectivity index (χ0n) is 11.2. The number of benzene rings is 1. The van der Waals surface area contributed by atoms with E-state index in [-0.39, 0.29) is 12.5 Å². The van der Waals surface area contributed by atoms with Crippen LogP contribution in [0.2, 0.25) is 0 Å². The van der Waals surface area contributed by atoms with Gasteiger partial charge in [-0.15, -0.1) is 5.10 Å². The van der Waals surface area contributed by atoms with Gasteiger partial charge in [-0.3, -0.25) is 4.79 Å². The van der Waals surface area contributed by atoms with Crippen molar-refractivity contribution in [2.75, 3.05) is 6.61 Å². The zero-order valence-corrected chi connectivity index (χ0v) is 11.2. The van der Waals surface area contributed by atoms with Gasteiger partial charge >= 0.3 is 0 Å². The van der Waals surface area contributed by atoms with E-state index in [2.05, 4.69) is 15.5 Å². The third kappa shape index (κ3) is 2.87. The summed E-state index contributed by atoms with van der Waals surface area (Å²) in [7, 11) is 0. The monoisotopic (exact) mass is 271 g/mol. The van der Waals surface area contributed by atoms with E-state index in [1.165, 1.54) is 12.8 Å². The number of carbonyl (C=O) groups excluding carboxylic acids is 1. The Morgan fingerprint density at radius 3 is 2.95 bits per heavy atom. The van der Waals surface area contributed by atoms with Crippen LogP contribution in [0, 0.1) is 0 Å². The highest BCUT2D eigenvalue weighted by Crippen LogP contribution is 2.21. The number of fused-ring (bicyclic) bond motifs is 1. The van der Waals surface area contributed by atoms with Gasteiger partial charge in [0.25, 0.3) is 5.91 Å². The number of ether oxygens (including phenoxy) is 1. The van der Waals surface area contributed by atoms with E-state index in [1.54, 1.807) is 6.20 Å². The maximum Gasteiger partial charge on any atom is 0.258 e. The Morgan fingerprint density at radius 2 is 2.10 bits per heavy atom. The van der Waals surface area contributed by atoms with Crippen molar-refractivity contribution < 1.29 is 9.53 Å². The SMILES string of the molecule is O=C(COc1nncc2ccccc12)NC1CCCC1. The van der Waals surface area contributed by atoms with Gasteiger partial charge < -0.3 is 10.1 Å². The summed E-state index contributed by atoms with van der Waals surface area (Å²) in [4.78, 5) is 11.8. The van der Waals surface area contributed by atoms with Crippen LogP contribution in [0.3, 0.4) is 0 Å². The lowest BCUT2D eigenvalue weighted by atomic mass is 10.2. The predicted molar refractivity (Wildman–Crippen MR) is 75.4 cm³/mol. The smallest absolute Gasteiger partial charge is 0.258 e. The highest BCUT2D eigenvalue weighted by Gasteiger charge is 2.17. The van der Waals surface area contributed by atoms with Gasteiger partial charge in [0.15, 0.2) is 6.61 Å². The third-order valence-electron chi connectivity index (χ3n) is 3.60. The Labute approximate surface area is 117 Å². The highest BCUT2D eigenvalue weighted by atomic mass is 16.5. The molecule has 1 fully saturated rings. The van der Waals surface area contributed by atoms with E-state index in [4.69, 9.17) is 4.74 Å². The standard InChI is InChI=1S/C15H17N3O2/c19-14(17-12-6-2-3-7-12)10-20-15-13-8-4-1-5-11(13)9-16-18-15/h1,4-5,8-9,12H,2-3,6-7,10H2,(H,17,19). The normalized spacial score (nSPS) is 15.4. The first kappa shape index (κ1) is 12.8. The molecule has 0 atom stereocenters. The average Bonchev–Trinajstić information content (AvgIpc) is 2.98. The van der Waals surface area contributed by atoms with Crippen molar-refractivity contribution in [1.82, 2.24) is 15.5 Å². The van der Waals surface area contributed by atoms with Crippen molar-refractivity contribution in [1.29, 1.82) is 0 Å². The van der Waals surface area contributed by atoms with E-state index in [9.17, 15) is 4.79 Å². The van der Waals surface area contributed by atoms with E-state index < -0.39 is 0 Å². The summed E-state index contributed by atoms with van der Waals surface area (Å²) in [5.41, 5.74) is 0. The molecule has 0 aliphatic heterocycles. The lowest BCUT2D eigenvalue weighted by Crippen LogP contribution is -2.36. The molecule has 20 heavy (non-hydrogen) atoms. The fourth-order valence-electron chi connectivity index (χ4n) is 2.58. The van der Waals surface area contributed by atoms with E-state index in [0.29, 0.717) is 11.9 Å². The van der Waals surface area contributed by atoms with Crippen LogP contribution in [-0.2, 0) is 4.79 Å². The Morgan fingerprint density at radius 1 is 1.30 bits per heavy atom. The van der Waals surface area contributed by atoms with Crippen LogP contribution in [0.4, 0.5) is 0 Å². The maximum absolute atomic E-state index is 11.8. The summed E-state index contributed by atoms with van der Waals surface area (Å²) in [5.74, 6) is 0.316. The summed E-state index contributed by atoms with van der Waals surface area (Å²) in [5, 5.41) is 12.7. The molecule has 0 saturated heterocycles. The molecule has 1 saturated carbocycles. The Kier molecular flexibility index (Phi) is 3.76. The first-order valence-corrected chi connectivity index (χ1v) is 6.95. The number of aromatic nitrogens is 2. The van der Waals surface area contributed by atoms with Crippen molar-refractivity contribution in [3.8, 4) is 5.88 Å². The Hall–Kier alpha value is -2.17. The molecule has 3 rings (SSSR count). The van der Waals surface area contributed by atoms with Crippen molar-refractivity contribution in [2.45, 2.75) is 31.7 Å². The summed E-state index contributed by atoms with van der Waals surface area (Å²) >= 11 is 0. The van der Waals surface area contributed by atoms with Gasteiger partial charge in [0.1, 0.15) is 0 Å². The van der Waals surface area contributed by atoms with Gasteiger partial charge in [-0.25, -0.2) is 0 Å². The van der Waals surface area contributed by atoms with Crippen LogP contribution in [0.1, 0.15) is 25.7 Å². The predicted octanol–water partition coefficient (Wildman–Crippen LogP) is 2.07. The number of rotatable bonds is 4. The van der Waals surface area contributed by atoms with Gasteiger partial charge in [0.2, 0.25) is 5.88 Å². The summed E-state index contributed by atoms with van der Waals surface area (Å²) in [6.45, 7) is -0.0147. The minimum atomic E-state index is -0.0911. The lowest BCUT2D eigenvalue weighted by Gasteiger charge is -2.12. The summed E-state index contributed by atoms with van der Waals surface area (Å²) in [6, 6.07) is 8.00. The van der Waals surface area contributed by atoms with Gasteiger partial charge in [-0.1, -0.05) is 31.0 Å². The minimum absolute atomic E-state index is 0.0147. The van der Waals surface area contributed by atoms with Gasteiger partial charge in [-0.2, -0.15) is 5.10 Å². The van der Waals surface area contributed by atoms with Crippen molar-refractivity contribution in [3.63, 3.8) is 0 Å².